The van der Waals surface area contributed by atoms with Gasteiger partial charge in [-0.25, -0.2) is 0 Å². The maximum Gasteiger partial charge on any atom is 0.118 e. The molecule has 108 valence electrons. The maximum atomic E-state index is 6.10. The molecule has 1 heterocycles. The van der Waals surface area contributed by atoms with E-state index in [0.717, 1.165) is 31.2 Å². The van der Waals surface area contributed by atoms with E-state index in [9.17, 15) is 0 Å². The second kappa shape index (κ2) is 6.58. The number of nitrogens with two attached hydrogens (primary N) is 1. The molecule has 3 nitrogen and oxygen atoms in total. The third-order valence-corrected chi connectivity index (χ3v) is 4.42. The molecule has 2 rings (SSSR count). The van der Waals surface area contributed by atoms with Gasteiger partial charge in [0.1, 0.15) is 11.5 Å². The summed E-state index contributed by atoms with van der Waals surface area (Å²) in [6.07, 6.45) is 8.00. The lowest BCUT2D eigenvalue weighted by Crippen LogP contribution is -2.40. The van der Waals surface area contributed by atoms with E-state index < -0.39 is 0 Å². The molecule has 0 unspecified atom stereocenters. The van der Waals surface area contributed by atoms with Gasteiger partial charge in [-0.2, -0.15) is 0 Å². The van der Waals surface area contributed by atoms with Gasteiger partial charge in [0.15, 0.2) is 0 Å². The number of hydrogen-bond donors (Lipinski definition) is 1. The van der Waals surface area contributed by atoms with Gasteiger partial charge in [0.25, 0.3) is 0 Å². The third kappa shape index (κ3) is 4.08. The molecule has 0 aliphatic heterocycles. The van der Waals surface area contributed by atoms with Gasteiger partial charge in [-0.05, 0) is 50.9 Å². The predicted octanol–water partition coefficient (Wildman–Crippen LogP) is 3.32. The van der Waals surface area contributed by atoms with E-state index in [1.54, 1.807) is 0 Å². The summed E-state index contributed by atoms with van der Waals surface area (Å²) in [5, 5.41) is 0. The van der Waals surface area contributed by atoms with Crippen molar-refractivity contribution in [2.24, 2.45) is 11.1 Å². The smallest absolute Gasteiger partial charge is 0.118 e. The Balaban J connectivity index is 1.93. The molecule has 1 aliphatic rings. The predicted molar refractivity (Wildman–Crippen MR) is 79.0 cm³/mol. The Morgan fingerprint density at radius 2 is 1.89 bits per heavy atom. The van der Waals surface area contributed by atoms with Crippen molar-refractivity contribution in [1.82, 2.24) is 4.90 Å². The van der Waals surface area contributed by atoms with Gasteiger partial charge in [-0.1, -0.05) is 25.7 Å². The minimum atomic E-state index is 0.326. The van der Waals surface area contributed by atoms with Crippen LogP contribution in [-0.4, -0.2) is 25.0 Å². The lowest BCUT2D eigenvalue weighted by atomic mass is 9.80. The first-order chi connectivity index (χ1) is 9.13. The average molecular weight is 264 g/mol. The summed E-state index contributed by atoms with van der Waals surface area (Å²) in [5.41, 5.74) is 6.43. The first-order valence-corrected chi connectivity index (χ1v) is 7.57. The number of aryl methyl sites for hydroxylation is 1. The molecular formula is C16H28N2O. The summed E-state index contributed by atoms with van der Waals surface area (Å²) in [7, 11) is 2.18. The second-order valence-electron chi connectivity index (χ2n) is 6.30. The average Bonchev–Trinajstić information content (AvgIpc) is 2.65. The lowest BCUT2D eigenvalue weighted by molar-refractivity contribution is 0.146. The molecular weight excluding hydrogens is 236 g/mol. The van der Waals surface area contributed by atoms with Crippen LogP contribution in [0.25, 0.3) is 0 Å². The van der Waals surface area contributed by atoms with Crippen LogP contribution in [0.2, 0.25) is 0 Å². The van der Waals surface area contributed by atoms with Crippen LogP contribution in [-0.2, 0) is 6.54 Å². The summed E-state index contributed by atoms with van der Waals surface area (Å²) in [6, 6.07) is 4.11. The van der Waals surface area contributed by atoms with Crippen molar-refractivity contribution >= 4 is 0 Å². The summed E-state index contributed by atoms with van der Waals surface area (Å²) >= 11 is 0. The zero-order valence-corrected chi connectivity index (χ0v) is 12.5. The highest BCUT2D eigenvalue weighted by Crippen LogP contribution is 2.35. The molecule has 0 saturated heterocycles. The quantitative estimate of drug-likeness (QED) is 0.830. The first kappa shape index (κ1) is 14.6. The van der Waals surface area contributed by atoms with Crippen LogP contribution >= 0.6 is 0 Å². The van der Waals surface area contributed by atoms with Crippen molar-refractivity contribution in [3.63, 3.8) is 0 Å². The number of nitrogens with zero attached hydrogens (tertiary/aromatic N) is 1. The Morgan fingerprint density at radius 1 is 1.21 bits per heavy atom. The molecule has 1 aromatic heterocycles. The van der Waals surface area contributed by atoms with E-state index in [-0.39, 0.29) is 0 Å². The van der Waals surface area contributed by atoms with Crippen molar-refractivity contribution in [3.05, 3.63) is 23.7 Å². The summed E-state index contributed by atoms with van der Waals surface area (Å²) in [5.74, 6) is 2.05. The fourth-order valence-electron chi connectivity index (χ4n) is 3.37. The van der Waals surface area contributed by atoms with Crippen LogP contribution in [0.3, 0.4) is 0 Å². The largest absolute Gasteiger partial charge is 0.465 e. The summed E-state index contributed by atoms with van der Waals surface area (Å²) in [6.45, 7) is 4.78. The van der Waals surface area contributed by atoms with Crippen molar-refractivity contribution in [3.8, 4) is 0 Å². The summed E-state index contributed by atoms with van der Waals surface area (Å²) in [4.78, 5) is 2.37. The van der Waals surface area contributed by atoms with Crippen molar-refractivity contribution in [2.75, 3.05) is 20.1 Å². The Hall–Kier alpha value is -0.800. The van der Waals surface area contributed by atoms with Gasteiger partial charge < -0.3 is 10.2 Å². The van der Waals surface area contributed by atoms with Crippen LogP contribution in [0.5, 0.6) is 0 Å². The van der Waals surface area contributed by atoms with Gasteiger partial charge >= 0.3 is 0 Å². The van der Waals surface area contributed by atoms with Crippen LogP contribution in [0.15, 0.2) is 16.5 Å². The van der Waals surface area contributed by atoms with Crippen LogP contribution < -0.4 is 5.73 Å². The minimum absolute atomic E-state index is 0.326. The van der Waals surface area contributed by atoms with Crippen molar-refractivity contribution in [1.29, 1.82) is 0 Å². The molecule has 0 bridgehead atoms. The van der Waals surface area contributed by atoms with Gasteiger partial charge in [-0.15, -0.1) is 0 Å². The molecule has 0 atom stereocenters. The molecule has 1 fully saturated rings. The van der Waals surface area contributed by atoms with Crippen molar-refractivity contribution in [2.45, 2.75) is 52.0 Å². The van der Waals surface area contributed by atoms with Crippen LogP contribution in [0.1, 0.15) is 50.0 Å². The molecule has 19 heavy (non-hydrogen) atoms. The second-order valence-corrected chi connectivity index (χ2v) is 6.30. The number of hydrogen-bond acceptors (Lipinski definition) is 3. The monoisotopic (exact) mass is 264 g/mol. The topological polar surface area (TPSA) is 42.4 Å². The van der Waals surface area contributed by atoms with Gasteiger partial charge in [0.05, 0.1) is 6.54 Å². The van der Waals surface area contributed by atoms with E-state index >= 15 is 0 Å². The molecule has 1 aliphatic carbocycles. The Morgan fingerprint density at radius 3 is 2.42 bits per heavy atom. The maximum absolute atomic E-state index is 6.10. The molecule has 2 N–H and O–H groups in total. The fraction of sp³-hybridized carbons (Fsp3) is 0.750. The van der Waals surface area contributed by atoms with Crippen LogP contribution in [0, 0.1) is 12.3 Å². The highest BCUT2D eigenvalue weighted by atomic mass is 16.3. The highest BCUT2D eigenvalue weighted by molar-refractivity contribution is 5.05. The van der Waals surface area contributed by atoms with Gasteiger partial charge in [0.2, 0.25) is 0 Å². The van der Waals surface area contributed by atoms with E-state index in [4.69, 9.17) is 10.2 Å². The lowest BCUT2D eigenvalue weighted by Gasteiger charge is -2.35. The van der Waals surface area contributed by atoms with Crippen LogP contribution in [0.4, 0.5) is 0 Å². The van der Waals surface area contributed by atoms with Gasteiger partial charge in [-0.3, -0.25) is 4.90 Å². The zero-order valence-electron chi connectivity index (χ0n) is 12.5. The molecule has 1 aromatic rings. The number of rotatable bonds is 5. The molecule has 0 radical (unpaired) electrons. The van der Waals surface area contributed by atoms with Gasteiger partial charge in [0, 0.05) is 6.54 Å². The van der Waals surface area contributed by atoms with E-state index in [1.165, 1.54) is 38.5 Å². The number of furan rings is 1. The molecule has 3 heteroatoms. The Kier molecular flexibility index (Phi) is 5.06. The standard InChI is InChI=1S/C16H28N2O/c1-14-7-8-15(19-14)11-18(2)13-16(12-17)9-5-3-4-6-10-16/h7-8H,3-6,9-13,17H2,1-2H3. The zero-order chi connectivity index (χ0) is 13.7. The van der Waals surface area contributed by atoms with E-state index in [2.05, 4.69) is 18.0 Å². The molecule has 0 aromatic carbocycles. The minimum Gasteiger partial charge on any atom is -0.465 e. The molecule has 1 saturated carbocycles. The third-order valence-electron chi connectivity index (χ3n) is 4.42. The Bertz CT molecular complexity index is 378. The normalized spacial score (nSPS) is 19.6. The molecule has 0 amide bonds. The molecule has 0 spiro atoms. The summed E-state index contributed by atoms with van der Waals surface area (Å²) < 4.78 is 5.66. The highest BCUT2D eigenvalue weighted by Gasteiger charge is 2.30. The Labute approximate surface area is 117 Å². The first-order valence-electron chi connectivity index (χ1n) is 7.57. The van der Waals surface area contributed by atoms with E-state index in [0.29, 0.717) is 5.41 Å². The van der Waals surface area contributed by atoms with Crippen molar-refractivity contribution < 1.29 is 4.42 Å². The fourth-order valence-corrected chi connectivity index (χ4v) is 3.37. The SMILES string of the molecule is Cc1ccc(CN(C)CC2(CN)CCCCCC2)o1. The van der Waals surface area contributed by atoms with E-state index in [1.807, 2.05) is 13.0 Å².